The molecule has 5 heteroatoms. The number of hydrogen-bond donors (Lipinski definition) is 0. The molecule has 0 N–H and O–H groups in total. The monoisotopic (exact) mass is 313 g/mol. The number of sulfone groups is 1. The number of rotatable bonds is 3. The van der Waals surface area contributed by atoms with Crippen LogP contribution in [-0.2, 0) is 9.84 Å². The first-order valence-electron chi connectivity index (χ1n) is 6.83. The van der Waals surface area contributed by atoms with Crippen molar-refractivity contribution in [3.8, 4) is 11.3 Å². The van der Waals surface area contributed by atoms with E-state index in [9.17, 15) is 8.42 Å². The predicted molar refractivity (Wildman–Crippen MR) is 83.3 cm³/mol. The van der Waals surface area contributed by atoms with E-state index in [1.165, 1.54) is 0 Å². The van der Waals surface area contributed by atoms with Crippen molar-refractivity contribution in [3.05, 3.63) is 66.1 Å². The second-order valence-electron chi connectivity index (χ2n) is 5.05. The molecule has 112 valence electrons. The van der Waals surface area contributed by atoms with Crippen molar-refractivity contribution < 1.29 is 12.8 Å². The molecule has 0 atom stereocenters. The molecule has 0 aliphatic carbocycles. The van der Waals surface area contributed by atoms with Gasteiger partial charge in [0.2, 0.25) is 14.9 Å². The normalized spacial score (nSPS) is 11.5. The van der Waals surface area contributed by atoms with E-state index in [1.54, 1.807) is 43.3 Å². The highest BCUT2D eigenvalue weighted by Gasteiger charge is 2.27. The Bertz CT molecular complexity index is 895. The van der Waals surface area contributed by atoms with Crippen LogP contribution in [0.1, 0.15) is 11.5 Å². The second-order valence-corrected chi connectivity index (χ2v) is 6.91. The van der Waals surface area contributed by atoms with E-state index in [0.717, 1.165) is 5.56 Å². The van der Waals surface area contributed by atoms with Gasteiger partial charge in [0.05, 0.1) is 4.90 Å². The number of oxazole rings is 1. The Labute approximate surface area is 129 Å². The summed E-state index contributed by atoms with van der Waals surface area (Å²) in [4.78, 5) is 4.31. The molecule has 3 rings (SSSR count). The number of aryl methyl sites for hydroxylation is 2. The van der Waals surface area contributed by atoms with E-state index in [-0.39, 0.29) is 15.7 Å². The van der Waals surface area contributed by atoms with Gasteiger partial charge in [-0.1, -0.05) is 48.0 Å². The molecule has 22 heavy (non-hydrogen) atoms. The highest BCUT2D eigenvalue weighted by Crippen LogP contribution is 2.31. The van der Waals surface area contributed by atoms with Gasteiger partial charge in [0.15, 0.2) is 11.7 Å². The number of aromatic nitrogens is 1. The first-order valence-corrected chi connectivity index (χ1v) is 8.31. The summed E-state index contributed by atoms with van der Waals surface area (Å²) in [5.41, 5.74) is 1.69. The van der Waals surface area contributed by atoms with Gasteiger partial charge >= 0.3 is 0 Å². The molecule has 0 saturated carbocycles. The van der Waals surface area contributed by atoms with Gasteiger partial charge in [-0.05, 0) is 19.1 Å². The van der Waals surface area contributed by atoms with Crippen molar-refractivity contribution >= 4 is 9.84 Å². The van der Waals surface area contributed by atoms with Gasteiger partial charge in [-0.25, -0.2) is 13.4 Å². The van der Waals surface area contributed by atoms with Crippen LogP contribution in [0.5, 0.6) is 0 Å². The lowest BCUT2D eigenvalue weighted by Gasteiger charge is -2.04. The van der Waals surface area contributed by atoms with Crippen molar-refractivity contribution in [3.63, 3.8) is 0 Å². The molecule has 0 saturated heterocycles. The summed E-state index contributed by atoms with van der Waals surface area (Å²) in [5, 5.41) is -0.0416. The van der Waals surface area contributed by atoms with Crippen LogP contribution in [0.25, 0.3) is 11.3 Å². The molecule has 0 amide bonds. The van der Waals surface area contributed by atoms with Crippen LogP contribution in [-0.4, -0.2) is 13.4 Å². The molecular formula is C17H15NO3S. The third-order valence-electron chi connectivity index (χ3n) is 3.32. The molecule has 0 spiro atoms. The first kappa shape index (κ1) is 14.5. The smallest absolute Gasteiger partial charge is 0.227 e. The van der Waals surface area contributed by atoms with Crippen LogP contribution >= 0.6 is 0 Å². The van der Waals surface area contributed by atoms with Crippen LogP contribution in [0.2, 0.25) is 0 Å². The van der Waals surface area contributed by atoms with Crippen LogP contribution < -0.4 is 0 Å². The maximum Gasteiger partial charge on any atom is 0.227 e. The molecule has 0 fully saturated rings. The van der Waals surface area contributed by atoms with Crippen LogP contribution in [0.15, 0.2) is 68.9 Å². The molecule has 0 unspecified atom stereocenters. The van der Waals surface area contributed by atoms with Gasteiger partial charge in [0, 0.05) is 12.5 Å². The van der Waals surface area contributed by atoms with Crippen molar-refractivity contribution in [1.29, 1.82) is 0 Å². The number of nitrogens with zero attached hydrogens (tertiary/aromatic N) is 1. The Morgan fingerprint density at radius 3 is 2.18 bits per heavy atom. The summed E-state index contributed by atoms with van der Waals surface area (Å²) in [5.74, 6) is 0.600. The SMILES string of the molecule is Cc1ccc(S(=O)(=O)c2nc(C)oc2-c2ccccc2)cc1. The minimum atomic E-state index is -3.72. The van der Waals surface area contributed by atoms with Crippen LogP contribution in [0, 0.1) is 13.8 Å². The Morgan fingerprint density at radius 2 is 1.55 bits per heavy atom. The van der Waals surface area contributed by atoms with Crippen molar-refractivity contribution in [2.75, 3.05) is 0 Å². The highest BCUT2D eigenvalue weighted by atomic mass is 32.2. The molecule has 1 aromatic heterocycles. The fourth-order valence-electron chi connectivity index (χ4n) is 2.19. The maximum atomic E-state index is 12.8. The Balaban J connectivity index is 2.18. The summed E-state index contributed by atoms with van der Waals surface area (Å²) >= 11 is 0. The Hall–Kier alpha value is -2.40. The molecule has 0 radical (unpaired) electrons. The molecule has 4 nitrogen and oxygen atoms in total. The minimum Gasteiger partial charge on any atom is -0.440 e. The third kappa shape index (κ3) is 2.55. The van der Waals surface area contributed by atoms with Gasteiger partial charge in [0.25, 0.3) is 0 Å². The summed E-state index contributed by atoms with van der Waals surface area (Å²) in [7, 11) is -3.72. The largest absolute Gasteiger partial charge is 0.440 e. The Kier molecular flexibility index (Phi) is 3.58. The fourth-order valence-corrected chi connectivity index (χ4v) is 3.56. The lowest BCUT2D eigenvalue weighted by atomic mass is 10.2. The Morgan fingerprint density at radius 1 is 0.909 bits per heavy atom. The molecular weight excluding hydrogens is 298 g/mol. The van der Waals surface area contributed by atoms with Crippen molar-refractivity contribution in [2.45, 2.75) is 23.8 Å². The van der Waals surface area contributed by atoms with Gasteiger partial charge in [-0.15, -0.1) is 0 Å². The van der Waals surface area contributed by atoms with Crippen LogP contribution in [0.4, 0.5) is 0 Å². The molecule has 1 heterocycles. The quantitative estimate of drug-likeness (QED) is 0.738. The molecule has 0 bridgehead atoms. The zero-order valence-corrected chi connectivity index (χ0v) is 13.1. The van der Waals surface area contributed by atoms with E-state index in [4.69, 9.17) is 4.42 Å². The average molecular weight is 313 g/mol. The zero-order valence-electron chi connectivity index (χ0n) is 12.3. The van der Waals surface area contributed by atoms with Gasteiger partial charge in [-0.3, -0.25) is 0 Å². The number of hydrogen-bond acceptors (Lipinski definition) is 4. The maximum absolute atomic E-state index is 12.8. The van der Waals surface area contributed by atoms with E-state index < -0.39 is 9.84 Å². The van der Waals surface area contributed by atoms with E-state index >= 15 is 0 Å². The van der Waals surface area contributed by atoms with Crippen molar-refractivity contribution in [1.82, 2.24) is 4.98 Å². The van der Waals surface area contributed by atoms with E-state index in [0.29, 0.717) is 11.5 Å². The lowest BCUT2D eigenvalue weighted by molar-refractivity contribution is 0.533. The molecule has 0 aliphatic heterocycles. The minimum absolute atomic E-state index is 0.0416. The van der Waals surface area contributed by atoms with E-state index in [1.807, 2.05) is 25.1 Å². The second kappa shape index (κ2) is 5.42. The number of benzene rings is 2. The highest BCUT2D eigenvalue weighted by molar-refractivity contribution is 7.91. The molecule has 3 aromatic rings. The van der Waals surface area contributed by atoms with Crippen LogP contribution in [0.3, 0.4) is 0 Å². The standard InChI is InChI=1S/C17H15NO3S/c1-12-8-10-15(11-9-12)22(19,20)17-16(21-13(2)18-17)14-6-4-3-5-7-14/h3-11H,1-2H3. The summed E-state index contributed by atoms with van der Waals surface area (Å²) < 4.78 is 31.2. The topological polar surface area (TPSA) is 60.2 Å². The first-order chi connectivity index (χ1) is 10.5. The average Bonchev–Trinajstić information content (AvgIpc) is 2.91. The van der Waals surface area contributed by atoms with Crippen molar-refractivity contribution in [2.24, 2.45) is 0 Å². The zero-order chi connectivity index (χ0) is 15.7. The predicted octanol–water partition coefficient (Wildman–Crippen LogP) is 3.79. The summed E-state index contributed by atoms with van der Waals surface area (Å²) in [6, 6.07) is 15.8. The third-order valence-corrected chi connectivity index (χ3v) is 5.00. The summed E-state index contributed by atoms with van der Waals surface area (Å²) in [6.45, 7) is 3.55. The molecule has 0 aliphatic rings. The summed E-state index contributed by atoms with van der Waals surface area (Å²) in [6.07, 6.45) is 0. The van der Waals surface area contributed by atoms with Gasteiger partial charge in [-0.2, -0.15) is 0 Å². The van der Waals surface area contributed by atoms with Gasteiger partial charge in [0.1, 0.15) is 0 Å². The molecule has 2 aromatic carbocycles. The lowest BCUT2D eigenvalue weighted by Crippen LogP contribution is -2.04. The fraction of sp³-hybridized carbons (Fsp3) is 0.118. The van der Waals surface area contributed by atoms with Gasteiger partial charge < -0.3 is 4.42 Å². The van der Waals surface area contributed by atoms with E-state index in [2.05, 4.69) is 4.98 Å².